The van der Waals surface area contributed by atoms with Gasteiger partial charge in [0.2, 0.25) is 0 Å². The van der Waals surface area contributed by atoms with E-state index in [1.165, 1.54) is 12.0 Å². The Labute approximate surface area is 177 Å². The molecule has 158 valence electrons. The molecule has 30 heavy (non-hydrogen) atoms. The van der Waals surface area contributed by atoms with Crippen molar-refractivity contribution in [3.63, 3.8) is 0 Å². The highest BCUT2D eigenvalue weighted by molar-refractivity contribution is 7.80. The minimum absolute atomic E-state index is 0.249. The lowest BCUT2D eigenvalue weighted by atomic mass is 10.1. The minimum atomic E-state index is -4.41. The number of halogens is 3. The second-order valence-electron chi connectivity index (χ2n) is 6.65. The fraction of sp³-hybridized carbons (Fsp3) is 0.238. The molecule has 1 aliphatic heterocycles. The van der Waals surface area contributed by atoms with E-state index in [0.717, 1.165) is 5.56 Å². The molecule has 5 nitrogen and oxygen atoms in total. The zero-order valence-corrected chi connectivity index (χ0v) is 17.1. The Morgan fingerprint density at radius 1 is 1.20 bits per heavy atom. The first kappa shape index (κ1) is 21.8. The molecule has 0 spiro atoms. The van der Waals surface area contributed by atoms with Crippen LogP contribution in [0.3, 0.4) is 0 Å². The number of aryl methyl sites for hydroxylation is 1. The Morgan fingerprint density at radius 3 is 2.63 bits per heavy atom. The molecular weight excluding hydrogens is 417 g/mol. The van der Waals surface area contributed by atoms with Crippen LogP contribution in [-0.4, -0.2) is 30.9 Å². The molecule has 0 radical (unpaired) electrons. The van der Waals surface area contributed by atoms with E-state index in [4.69, 9.17) is 21.7 Å². The smallest absolute Gasteiger partial charge is 0.411 e. The summed E-state index contributed by atoms with van der Waals surface area (Å²) in [6.45, 7) is 0.271. The summed E-state index contributed by atoms with van der Waals surface area (Å²) in [5.41, 5.74) is 2.91. The SMILES string of the molecule is COc1ccc(/C=C2/NC(=S)N(c3cccc(C)c3)C2=O)cc1COCC(F)(F)F. The normalized spacial score (nSPS) is 15.6. The highest BCUT2D eigenvalue weighted by atomic mass is 32.1. The lowest BCUT2D eigenvalue weighted by Gasteiger charge is -2.14. The van der Waals surface area contributed by atoms with Crippen LogP contribution < -0.4 is 15.0 Å². The molecule has 1 N–H and O–H groups in total. The first-order chi connectivity index (χ1) is 14.2. The van der Waals surface area contributed by atoms with E-state index in [2.05, 4.69) is 5.32 Å². The van der Waals surface area contributed by atoms with Crippen molar-refractivity contribution in [2.45, 2.75) is 19.7 Å². The summed E-state index contributed by atoms with van der Waals surface area (Å²) in [6, 6.07) is 12.3. The number of methoxy groups -OCH3 is 1. The van der Waals surface area contributed by atoms with E-state index >= 15 is 0 Å². The maximum atomic E-state index is 12.9. The predicted octanol–water partition coefficient (Wildman–Crippen LogP) is 4.34. The molecule has 0 unspecified atom stereocenters. The van der Waals surface area contributed by atoms with Crippen LogP contribution >= 0.6 is 12.2 Å². The molecule has 0 aliphatic carbocycles. The third-order valence-corrected chi connectivity index (χ3v) is 4.56. The summed E-state index contributed by atoms with van der Waals surface area (Å²) in [4.78, 5) is 14.2. The van der Waals surface area contributed by atoms with Crippen molar-refractivity contribution in [3.05, 3.63) is 64.9 Å². The average Bonchev–Trinajstić information content (AvgIpc) is 2.94. The Balaban J connectivity index is 1.83. The highest BCUT2D eigenvalue weighted by Crippen LogP contribution is 2.26. The van der Waals surface area contributed by atoms with Crippen LogP contribution in [0.5, 0.6) is 5.75 Å². The second kappa shape index (κ2) is 8.85. The lowest BCUT2D eigenvalue weighted by Crippen LogP contribution is -2.30. The van der Waals surface area contributed by atoms with Crippen molar-refractivity contribution in [1.29, 1.82) is 0 Å². The number of nitrogens with one attached hydrogen (secondary N) is 1. The summed E-state index contributed by atoms with van der Waals surface area (Å²) in [6.07, 6.45) is -2.83. The number of amides is 1. The third-order valence-electron chi connectivity index (χ3n) is 4.28. The molecule has 0 aromatic heterocycles. The van der Waals surface area contributed by atoms with E-state index in [-0.39, 0.29) is 23.3 Å². The topological polar surface area (TPSA) is 50.8 Å². The van der Waals surface area contributed by atoms with Gasteiger partial charge in [0.05, 0.1) is 19.4 Å². The van der Waals surface area contributed by atoms with Gasteiger partial charge < -0.3 is 14.8 Å². The molecule has 9 heteroatoms. The molecule has 0 saturated carbocycles. The average molecular weight is 436 g/mol. The molecule has 0 atom stereocenters. The molecule has 2 aromatic carbocycles. The highest BCUT2D eigenvalue weighted by Gasteiger charge is 2.32. The number of nitrogens with zero attached hydrogens (tertiary/aromatic N) is 1. The third kappa shape index (κ3) is 5.17. The van der Waals surface area contributed by atoms with E-state index in [1.54, 1.807) is 30.3 Å². The number of rotatable bonds is 6. The first-order valence-electron chi connectivity index (χ1n) is 8.93. The molecule has 1 aliphatic rings. The number of carbonyl (C=O) groups is 1. The predicted molar refractivity (Wildman–Crippen MR) is 111 cm³/mol. The Kier molecular flexibility index (Phi) is 6.42. The Bertz CT molecular complexity index is 1010. The van der Waals surface area contributed by atoms with Gasteiger partial charge in [-0.15, -0.1) is 0 Å². The van der Waals surface area contributed by atoms with Crippen molar-refractivity contribution >= 4 is 35.0 Å². The quantitative estimate of drug-likeness (QED) is 0.539. The van der Waals surface area contributed by atoms with Gasteiger partial charge in [-0.1, -0.05) is 18.2 Å². The molecule has 2 aromatic rings. The van der Waals surface area contributed by atoms with Crippen molar-refractivity contribution in [2.75, 3.05) is 18.6 Å². The van der Waals surface area contributed by atoms with Crippen molar-refractivity contribution < 1.29 is 27.4 Å². The van der Waals surface area contributed by atoms with Crippen LogP contribution in [0.15, 0.2) is 48.2 Å². The maximum Gasteiger partial charge on any atom is 0.411 e. The number of anilines is 1. The zero-order chi connectivity index (χ0) is 21.9. The largest absolute Gasteiger partial charge is 0.496 e. The summed E-state index contributed by atoms with van der Waals surface area (Å²) in [5.74, 6) is 0.0678. The molecule has 1 amide bonds. The van der Waals surface area contributed by atoms with Crippen LogP contribution in [0.2, 0.25) is 0 Å². The summed E-state index contributed by atoms with van der Waals surface area (Å²) in [5, 5.41) is 3.14. The fourth-order valence-electron chi connectivity index (χ4n) is 2.98. The number of alkyl halides is 3. The van der Waals surface area contributed by atoms with Crippen LogP contribution in [0.1, 0.15) is 16.7 Å². The Morgan fingerprint density at radius 2 is 1.97 bits per heavy atom. The summed E-state index contributed by atoms with van der Waals surface area (Å²) in [7, 11) is 1.42. The van der Waals surface area contributed by atoms with Gasteiger partial charge in [-0.05, 0) is 60.6 Å². The Hall–Kier alpha value is -2.91. The lowest BCUT2D eigenvalue weighted by molar-refractivity contribution is -0.176. The summed E-state index contributed by atoms with van der Waals surface area (Å²) >= 11 is 5.30. The first-order valence-corrected chi connectivity index (χ1v) is 9.34. The van der Waals surface area contributed by atoms with Gasteiger partial charge >= 0.3 is 6.18 Å². The van der Waals surface area contributed by atoms with Gasteiger partial charge in [-0.25, -0.2) is 0 Å². The molecule has 3 rings (SSSR count). The van der Waals surface area contributed by atoms with Crippen molar-refractivity contribution in [1.82, 2.24) is 5.32 Å². The number of hydrogen-bond donors (Lipinski definition) is 1. The fourth-order valence-corrected chi connectivity index (χ4v) is 3.28. The number of ether oxygens (including phenoxy) is 2. The number of benzene rings is 2. The van der Waals surface area contributed by atoms with E-state index in [9.17, 15) is 18.0 Å². The second-order valence-corrected chi connectivity index (χ2v) is 7.03. The zero-order valence-electron chi connectivity index (χ0n) is 16.2. The minimum Gasteiger partial charge on any atom is -0.496 e. The molecule has 1 fully saturated rings. The van der Waals surface area contributed by atoms with Crippen LogP contribution in [0, 0.1) is 6.92 Å². The number of thiocarbonyl (C=S) groups is 1. The monoisotopic (exact) mass is 436 g/mol. The number of hydrogen-bond acceptors (Lipinski definition) is 4. The standard InChI is InChI=1S/C21H19F3N2O3S/c1-13-4-3-5-16(8-13)26-19(27)17(25-20(26)30)10-14-6-7-18(28-2)15(9-14)11-29-12-21(22,23)24/h3-10H,11-12H2,1-2H3,(H,25,30)/b17-10+. The van der Waals surface area contributed by atoms with E-state index in [1.807, 2.05) is 25.1 Å². The van der Waals surface area contributed by atoms with Crippen LogP contribution in [0.4, 0.5) is 18.9 Å². The molecular formula is C21H19F3N2O3S. The van der Waals surface area contributed by atoms with Gasteiger partial charge in [-0.2, -0.15) is 13.2 Å². The van der Waals surface area contributed by atoms with E-state index < -0.39 is 12.8 Å². The van der Waals surface area contributed by atoms with Gasteiger partial charge in [0, 0.05) is 5.56 Å². The summed E-state index contributed by atoms with van der Waals surface area (Å²) < 4.78 is 47.0. The van der Waals surface area contributed by atoms with Gasteiger partial charge in [-0.3, -0.25) is 9.69 Å². The maximum absolute atomic E-state index is 12.9. The molecule has 0 bridgehead atoms. The van der Waals surface area contributed by atoms with Crippen molar-refractivity contribution in [2.24, 2.45) is 0 Å². The van der Waals surface area contributed by atoms with Crippen LogP contribution in [-0.2, 0) is 16.1 Å². The van der Waals surface area contributed by atoms with Crippen molar-refractivity contribution in [3.8, 4) is 5.75 Å². The van der Waals surface area contributed by atoms with Gasteiger partial charge in [0.25, 0.3) is 5.91 Å². The van der Waals surface area contributed by atoms with E-state index in [0.29, 0.717) is 22.6 Å². The van der Waals surface area contributed by atoms with Crippen LogP contribution in [0.25, 0.3) is 6.08 Å². The molecule has 1 heterocycles. The van der Waals surface area contributed by atoms with Gasteiger partial charge in [0.1, 0.15) is 18.1 Å². The van der Waals surface area contributed by atoms with Gasteiger partial charge in [0.15, 0.2) is 5.11 Å². The molecule has 1 saturated heterocycles. The number of carbonyl (C=O) groups excluding carboxylic acids is 1.